The van der Waals surface area contributed by atoms with Crippen molar-refractivity contribution in [1.82, 2.24) is 24.5 Å². The molecule has 0 saturated heterocycles. The van der Waals surface area contributed by atoms with Crippen molar-refractivity contribution in [2.75, 3.05) is 57.7 Å². The summed E-state index contributed by atoms with van der Waals surface area (Å²) < 4.78 is 44.7. The Morgan fingerprint density at radius 3 is 0.737 bits per heavy atom. The summed E-state index contributed by atoms with van der Waals surface area (Å²) in [6.45, 7) is 24.5. The molecule has 10 heteroatoms. The fourth-order valence-corrected chi connectivity index (χ4v) is 20.5. The van der Waals surface area contributed by atoms with Crippen LogP contribution in [0.15, 0.2) is 203 Å². The van der Waals surface area contributed by atoms with E-state index in [0.29, 0.717) is 42.0 Å². The van der Waals surface area contributed by atoms with E-state index >= 15 is 0 Å². The minimum absolute atomic E-state index is 0. The number of allylic oxidation sites excluding steroid dienone is 9. The molecular formula is C104H156N10. The summed E-state index contributed by atoms with van der Waals surface area (Å²) in [5.74, 6) is 1.34. The van der Waals surface area contributed by atoms with Crippen LogP contribution < -0.4 is 24.5 Å². The molecule has 114 heavy (non-hydrogen) atoms. The molecule has 5 unspecified atom stereocenters. The second-order valence-electron chi connectivity index (χ2n) is 34.0. The first-order valence-electron chi connectivity index (χ1n) is 46.0. The summed E-state index contributed by atoms with van der Waals surface area (Å²) in [4.78, 5) is 23.2. The fourth-order valence-electron chi connectivity index (χ4n) is 20.5. The highest BCUT2D eigenvalue weighted by Gasteiger charge is 2.42. The second kappa shape index (κ2) is 41.7. The lowest BCUT2D eigenvalue weighted by molar-refractivity contribution is 0.229. The zero-order chi connectivity index (χ0) is 80.0. The summed E-state index contributed by atoms with van der Waals surface area (Å²) in [6.07, 6.45) is 37.6. The molecule has 0 N–H and O–H groups in total. The number of nitrogens with zero attached hydrogens (tertiary/aromatic N) is 10. The Morgan fingerprint density at radius 2 is 0.439 bits per heavy atom. The molecular weight excluding hydrogens is 1390 g/mol. The van der Waals surface area contributed by atoms with E-state index in [0.717, 1.165) is 5.69 Å². The van der Waals surface area contributed by atoms with Crippen LogP contribution in [0.2, 0.25) is 0 Å². The third kappa shape index (κ3) is 19.7. The Balaban J connectivity index is 0.000000168. The quantitative estimate of drug-likeness (QED) is 0.112. The number of para-hydroxylation sites is 5. The molecule has 0 amide bonds. The van der Waals surface area contributed by atoms with Gasteiger partial charge >= 0.3 is 0 Å². The van der Waals surface area contributed by atoms with Crippen molar-refractivity contribution in [1.29, 1.82) is 0 Å². The van der Waals surface area contributed by atoms with E-state index < -0.39 is 0 Å². The molecule has 18 rings (SSSR count). The van der Waals surface area contributed by atoms with Crippen molar-refractivity contribution in [3.63, 3.8) is 0 Å². The standard InChI is InChI=1S/C22H32N2.C22H26N2.C21H30N2.2C17H24N2.5CH4/c2*1-17-10-6-9-15-21(17)23-16-24(20-13-7-8-14-20)22(18(23)2)19-11-4-3-5-12-19;1-16-9-3-8-14-20(16)22-15-23(19-12-6-7-13-19)21(17(22)2)18-10-4-5-11-18;2*1-13-8-4-7-11-17(13)19-12-18(14(2)15(19)3)16-9-5-6-10-16;;;;;/h6,9-10,15,19-20H,3-5,7-8,11-14,16H2,1-2H3;3-6,9-12,15,20H,7-8,13-14,16H2,1-2H3;3,8-9,14,18-19H,4-7,10-13,15H2,1-2H3;2*4,7-8,11,16H,5-6,9-10,12H2,1-3H3;5*1H4/i2*16D;15D;2*12D;;;;;. The van der Waals surface area contributed by atoms with Crippen molar-refractivity contribution >= 4 is 34.1 Å². The van der Waals surface area contributed by atoms with Gasteiger partial charge in [-0.3, -0.25) is 0 Å². The number of aryl methyl sites for hydroxylation is 5. The summed E-state index contributed by atoms with van der Waals surface area (Å²) >= 11 is 0. The third-order valence-electron chi connectivity index (χ3n) is 27.0. The van der Waals surface area contributed by atoms with Crippen LogP contribution in [0.3, 0.4) is 0 Å². The van der Waals surface area contributed by atoms with Crippen LogP contribution in [-0.4, -0.2) is 87.9 Å². The second-order valence-corrected chi connectivity index (χ2v) is 34.0. The van der Waals surface area contributed by atoms with E-state index in [4.69, 9.17) is 6.85 Å². The van der Waals surface area contributed by atoms with E-state index in [9.17, 15) is 0 Å². The fraction of sp³-hybridized carbons (Fsp3) is 0.558. The van der Waals surface area contributed by atoms with Gasteiger partial charge in [0, 0.05) is 122 Å². The van der Waals surface area contributed by atoms with E-state index in [1.54, 1.807) is 0 Å². The first-order valence-corrected chi connectivity index (χ1v) is 43.1. The van der Waals surface area contributed by atoms with Gasteiger partial charge < -0.3 is 49.0 Å². The molecule has 5 atom stereocenters. The van der Waals surface area contributed by atoms with Gasteiger partial charge in [-0.05, 0) is 237 Å². The Kier molecular flexibility index (Phi) is 30.2. The minimum Gasteiger partial charge on any atom is -0.353 e. The maximum atomic E-state index is 9.14. The van der Waals surface area contributed by atoms with Crippen molar-refractivity contribution in [2.24, 2.45) is 11.8 Å². The average Bonchev–Trinajstić information content (AvgIpc) is 1.61. The largest absolute Gasteiger partial charge is 0.353 e. The maximum absolute atomic E-state index is 9.14. The van der Waals surface area contributed by atoms with Gasteiger partial charge in [0.05, 0.1) is 45.8 Å². The molecule has 0 bridgehead atoms. The summed E-state index contributed by atoms with van der Waals surface area (Å²) in [7, 11) is 0. The van der Waals surface area contributed by atoms with Gasteiger partial charge in [0.2, 0.25) is 0 Å². The molecule has 7 fully saturated rings. The molecule has 0 spiro atoms. The van der Waals surface area contributed by atoms with Gasteiger partial charge in [-0.25, -0.2) is 0 Å². The van der Waals surface area contributed by atoms with Crippen LogP contribution >= 0.6 is 0 Å². The Hall–Kier alpha value is -7.98. The lowest BCUT2D eigenvalue weighted by Gasteiger charge is -2.34. The number of benzene rings is 6. The van der Waals surface area contributed by atoms with Gasteiger partial charge in [-0.1, -0.05) is 255 Å². The first-order chi connectivity index (χ1) is 55.3. The minimum atomic E-state index is -0.389. The smallest absolute Gasteiger partial charge is 0.0952 e. The van der Waals surface area contributed by atoms with E-state index in [-0.39, 0.29) is 70.4 Å². The summed E-state index contributed by atoms with van der Waals surface area (Å²) in [6, 6.07) is 55.7. The van der Waals surface area contributed by atoms with Gasteiger partial charge in [-0.2, -0.15) is 0 Å². The lowest BCUT2D eigenvalue weighted by Crippen LogP contribution is -2.36. The van der Waals surface area contributed by atoms with E-state index in [1.807, 2.05) is 0 Å². The summed E-state index contributed by atoms with van der Waals surface area (Å²) in [5.41, 5.74) is 26.5. The first kappa shape index (κ1) is 82.5. The number of rotatable bonds is 13. The van der Waals surface area contributed by atoms with Crippen LogP contribution in [0.5, 0.6) is 0 Å². The van der Waals surface area contributed by atoms with Crippen molar-refractivity contribution in [2.45, 2.75) is 337 Å². The van der Waals surface area contributed by atoms with Crippen molar-refractivity contribution in [3.05, 3.63) is 236 Å². The highest BCUT2D eigenvalue weighted by Crippen LogP contribution is 2.48. The van der Waals surface area contributed by atoms with Crippen molar-refractivity contribution in [3.8, 4) is 0 Å². The Morgan fingerprint density at radius 1 is 0.219 bits per heavy atom. The van der Waals surface area contributed by atoms with Crippen LogP contribution in [-0.2, 0) is 0 Å². The predicted octanol–water partition coefficient (Wildman–Crippen LogP) is 28.4. The Bertz CT molecular complexity index is 4290. The monoisotopic (exact) mass is 1550 g/mol. The Labute approximate surface area is 704 Å². The van der Waals surface area contributed by atoms with E-state index in [1.165, 1.54) is 299 Å². The maximum Gasteiger partial charge on any atom is 0.0952 e. The van der Waals surface area contributed by atoms with Crippen LogP contribution in [0, 0.1) is 46.5 Å². The molecule has 6 aromatic rings. The zero-order valence-corrected chi connectivity index (χ0v) is 68.8. The third-order valence-corrected chi connectivity index (χ3v) is 27.0. The topological polar surface area (TPSA) is 32.4 Å². The number of hydrogen-bond acceptors (Lipinski definition) is 10. The molecule has 7 aliphatic carbocycles. The highest BCUT2D eigenvalue weighted by atomic mass is 15.4. The average molecular weight is 1550 g/mol. The molecule has 0 radical (unpaired) electrons. The van der Waals surface area contributed by atoms with Crippen LogP contribution in [0.25, 0.3) is 5.70 Å². The van der Waals surface area contributed by atoms with Gasteiger partial charge in [0.15, 0.2) is 0 Å². The summed E-state index contributed by atoms with van der Waals surface area (Å²) in [5, 5.41) is 0. The SMILES string of the molecule is C.C.C.C.C.[2H]C1N(c2ccccc2C)C(C)=C(C)N1C1CCCC1.[2H]C1N(c2ccccc2C)C(C)=C(C)N1C1CCCC1.[2H]C1N(c2ccccc2C)C(C)=C(C2CCCC2)N1C1CCCC1.[2H]C1N(c2ccccc2C)C(C)=C(C2CCCCC2)N1C1CCCC1.[2H]C1N(c2ccccc2C)C(C)=C(c2ccccc2)N1C1CCCC1. The molecule has 0 aromatic heterocycles. The molecule has 5 aliphatic heterocycles. The molecule has 622 valence electrons. The normalized spacial score (nSPS) is 24.5. The van der Waals surface area contributed by atoms with Crippen molar-refractivity contribution < 1.29 is 6.85 Å². The van der Waals surface area contributed by atoms with E-state index in [2.05, 4.69) is 284 Å². The predicted molar refractivity (Wildman–Crippen MR) is 496 cm³/mol. The highest BCUT2D eigenvalue weighted by molar-refractivity contribution is 5.76. The molecule has 7 saturated carbocycles. The van der Waals surface area contributed by atoms with Crippen LogP contribution in [0.4, 0.5) is 28.4 Å². The lowest BCUT2D eigenvalue weighted by atomic mass is 9.85. The molecule has 5 heterocycles. The number of anilines is 5. The molecule has 10 nitrogen and oxygen atoms in total. The van der Waals surface area contributed by atoms with Gasteiger partial charge in [-0.15, -0.1) is 0 Å². The number of hydrogen-bond donors (Lipinski definition) is 0. The van der Waals surface area contributed by atoms with Gasteiger partial charge in [0.25, 0.3) is 0 Å². The zero-order valence-electron chi connectivity index (χ0n) is 73.8. The van der Waals surface area contributed by atoms with Gasteiger partial charge in [0.1, 0.15) is 0 Å². The molecule has 6 aromatic carbocycles. The van der Waals surface area contributed by atoms with Crippen LogP contribution in [0.1, 0.15) is 312 Å². The molecule has 12 aliphatic rings.